The molecule has 0 aromatic carbocycles. The number of hydrogen-bond acceptors (Lipinski definition) is 6. The molecule has 0 aromatic rings. The van der Waals surface area contributed by atoms with Crippen molar-refractivity contribution in [3.63, 3.8) is 0 Å². The summed E-state index contributed by atoms with van der Waals surface area (Å²) in [4.78, 5) is 44.5. The molecule has 0 atom stereocenters. The second-order valence-corrected chi connectivity index (χ2v) is 1.36. The third kappa shape index (κ3) is 31.9. The molecule has 0 aliphatic heterocycles. The van der Waals surface area contributed by atoms with Crippen molar-refractivity contribution in [2.24, 2.45) is 0 Å². The molecule has 0 heterocycles. The Hall–Kier alpha value is -1.81. The molecule has 0 bridgehead atoms. The summed E-state index contributed by atoms with van der Waals surface area (Å²) in [7, 11) is 0. The number of esters is 1. The van der Waals surface area contributed by atoms with Gasteiger partial charge in [-0.05, 0) is 6.92 Å². The van der Waals surface area contributed by atoms with E-state index < -0.39 is 11.8 Å². The first-order chi connectivity index (χ1) is 6.09. The van der Waals surface area contributed by atoms with E-state index in [0.717, 1.165) is 0 Å². The van der Waals surface area contributed by atoms with Gasteiger partial charge >= 0.3 is 12.1 Å². The van der Waals surface area contributed by atoms with Crippen LogP contribution >= 0.6 is 0 Å². The van der Waals surface area contributed by atoms with Crippen LogP contribution < -0.4 is 0 Å². The molecule has 14 heavy (non-hydrogen) atoms. The number of rotatable bonds is 2. The van der Waals surface area contributed by atoms with Crippen molar-refractivity contribution in [3.05, 3.63) is 0 Å². The fraction of sp³-hybridized carbons (Fsp3) is 0.500. The van der Waals surface area contributed by atoms with Crippen molar-refractivity contribution in [3.8, 4) is 0 Å². The number of carbonyl (C=O) groups is 3. The average molecular weight is 206 g/mol. The maximum absolute atomic E-state index is 10.2. The van der Waals surface area contributed by atoms with Crippen LogP contribution in [-0.4, -0.2) is 31.3 Å². The molecule has 0 aromatic heterocycles. The molecular formula is C8H14O6. The molecule has 0 aliphatic carbocycles. The minimum atomic E-state index is -0.757. The first-order valence-electron chi connectivity index (χ1n) is 3.06. The topological polar surface area (TPSA) is 94.6 Å². The van der Waals surface area contributed by atoms with Gasteiger partial charge in [0.25, 0.3) is 0 Å². The van der Waals surface area contributed by atoms with E-state index >= 15 is 0 Å². The van der Waals surface area contributed by atoms with Gasteiger partial charge in [-0.1, -0.05) is 7.43 Å². The van der Waals surface area contributed by atoms with Gasteiger partial charge in [0.1, 0.15) is 6.79 Å². The highest BCUT2D eigenvalue weighted by molar-refractivity contribution is 6.32. The Morgan fingerprint density at radius 2 is 1.57 bits per heavy atom. The summed E-state index contributed by atoms with van der Waals surface area (Å²) in [6.45, 7) is 5.09. The van der Waals surface area contributed by atoms with Gasteiger partial charge in [0.2, 0.25) is 5.78 Å². The lowest BCUT2D eigenvalue weighted by Gasteiger charge is -1.93. The Bertz CT molecular complexity index is 180. The highest BCUT2D eigenvalue weighted by Gasteiger charge is 2.05. The van der Waals surface area contributed by atoms with Crippen molar-refractivity contribution >= 4 is 24.7 Å². The van der Waals surface area contributed by atoms with Crippen LogP contribution in [0.4, 0.5) is 0 Å². The predicted molar refractivity (Wildman–Crippen MR) is 46.2 cm³/mol. The lowest BCUT2D eigenvalue weighted by Crippen LogP contribution is -2.12. The van der Waals surface area contributed by atoms with Crippen molar-refractivity contribution in [1.82, 2.24) is 0 Å². The van der Waals surface area contributed by atoms with E-state index in [4.69, 9.17) is 14.4 Å². The predicted octanol–water partition coefficient (Wildman–Crippen LogP) is 0.00620. The van der Waals surface area contributed by atoms with E-state index in [9.17, 15) is 9.59 Å². The second-order valence-electron chi connectivity index (χ2n) is 1.36. The van der Waals surface area contributed by atoms with Gasteiger partial charge in [0, 0.05) is 6.92 Å². The third-order valence-electron chi connectivity index (χ3n) is 0.563. The van der Waals surface area contributed by atoms with E-state index in [1.165, 1.54) is 6.92 Å². The van der Waals surface area contributed by atoms with Gasteiger partial charge in [-0.25, -0.2) is 4.79 Å². The van der Waals surface area contributed by atoms with Crippen LogP contribution in [0.5, 0.6) is 0 Å². The van der Waals surface area contributed by atoms with Gasteiger partial charge < -0.3 is 9.53 Å². The van der Waals surface area contributed by atoms with Crippen molar-refractivity contribution in [2.75, 3.05) is 6.61 Å². The Morgan fingerprint density at radius 1 is 1.29 bits per heavy atom. The molecule has 0 amide bonds. The first kappa shape index (κ1) is 22.8. The monoisotopic (exact) mass is 206 g/mol. The maximum Gasteiger partial charge on any atom is 0.374 e. The Balaban J connectivity index is -0.0000000716. The summed E-state index contributed by atoms with van der Waals surface area (Å²) in [5.74, 6) is -1.31. The SMILES string of the molecule is C.C=O.CCOC(=O)C(C)=O.O=C=O. The lowest BCUT2D eigenvalue weighted by atomic mass is 10.5. The highest BCUT2D eigenvalue weighted by Crippen LogP contribution is 1.77. The van der Waals surface area contributed by atoms with Gasteiger partial charge in [-0.3, -0.25) is 4.79 Å². The molecule has 0 N–H and O–H groups in total. The molecule has 0 fully saturated rings. The molecular weight excluding hydrogens is 192 g/mol. The smallest absolute Gasteiger partial charge is 0.374 e. The zero-order chi connectivity index (χ0) is 11.3. The minimum Gasteiger partial charge on any atom is -0.460 e. The molecule has 0 saturated heterocycles. The zero-order valence-electron chi connectivity index (χ0n) is 7.36. The summed E-state index contributed by atoms with van der Waals surface area (Å²) < 4.78 is 4.31. The van der Waals surface area contributed by atoms with Crippen LogP contribution in [0.2, 0.25) is 0 Å². The van der Waals surface area contributed by atoms with Crippen LogP contribution in [-0.2, 0) is 28.7 Å². The minimum absolute atomic E-state index is 0. The van der Waals surface area contributed by atoms with E-state index in [1.54, 1.807) is 6.92 Å². The fourth-order valence-corrected chi connectivity index (χ4v) is 0.233. The largest absolute Gasteiger partial charge is 0.460 e. The summed E-state index contributed by atoms with van der Waals surface area (Å²) >= 11 is 0. The summed E-state index contributed by atoms with van der Waals surface area (Å²) in [6.07, 6.45) is 0.250. The molecule has 0 unspecified atom stereocenters. The van der Waals surface area contributed by atoms with Crippen LogP contribution in [0.15, 0.2) is 0 Å². The zero-order valence-corrected chi connectivity index (χ0v) is 7.36. The summed E-state index contributed by atoms with van der Waals surface area (Å²) in [6, 6.07) is 0. The van der Waals surface area contributed by atoms with Crippen molar-refractivity contribution < 1.29 is 28.7 Å². The van der Waals surface area contributed by atoms with Crippen LogP contribution in [0.25, 0.3) is 0 Å². The van der Waals surface area contributed by atoms with E-state index in [-0.39, 0.29) is 20.2 Å². The fourth-order valence-electron chi connectivity index (χ4n) is 0.233. The van der Waals surface area contributed by atoms with E-state index in [0.29, 0.717) is 0 Å². The second kappa shape index (κ2) is 22.5. The van der Waals surface area contributed by atoms with Crippen LogP contribution in [0, 0.1) is 0 Å². The van der Waals surface area contributed by atoms with Gasteiger partial charge in [0.05, 0.1) is 6.61 Å². The molecule has 0 spiro atoms. The highest BCUT2D eigenvalue weighted by atomic mass is 16.5. The standard InChI is InChI=1S/C5H8O3.CO2.CH2O.CH4/c1-3-8-5(7)4(2)6;2-1-3;1-2;/h3H2,1-2H3;;1H2;1H4. The van der Waals surface area contributed by atoms with Crippen LogP contribution in [0.1, 0.15) is 21.3 Å². The number of ether oxygens (including phenoxy) is 1. The third-order valence-corrected chi connectivity index (χ3v) is 0.563. The van der Waals surface area contributed by atoms with E-state index in [1.807, 2.05) is 6.79 Å². The molecule has 0 saturated carbocycles. The summed E-state index contributed by atoms with van der Waals surface area (Å²) in [5.41, 5.74) is 0. The van der Waals surface area contributed by atoms with Crippen molar-refractivity contribution in [2.45, 2.75) is 21.3 Å². The molecule has 82 valence electrons. The Kier molecular flexibility index (Phi) is 36.5. The van der Waals surface area contributed by atoms with Crippen LogP contribution in [0.3, 0.4) is 0 Å². The van der Waals surface area contributed by atoms with Gasteiger partial charge in [-0.2, -0.15) is 9.59 Å². The quantitative estimate of drug-likeness (QED) is 0.466. The van der Waals surface area contributed by atoms with Gasteiger partial charge in [-0.15, -0.1) is 0 Å². The Morgan fingerprint density at radius 3 is 1.64 bits per heavy atom. The number of Topliss-reactive ketones (excluding diaryl/α,β-unsaturated/α-hetero) is 1. The molecule has 6 heteroatoms. The number of hydrogen-bond donors (Lipinski definition) is 0. The lowest BCUT2D eigenvalue weighted by molar-refractivity contribution is -0.191. The normalized spacial score (nSPS) is 5.57. The molecule has 0 aliphatic rings. The summed E-state index contributed by atoms with van der Waals surface area (Å²) in [5, 5.41) is 0. The maximum atomic E-state index is 10.2. The first-order valence-corrected chi connectivity index (χ1v) is 3.06. The molecule has 6 nitrogen and oxygen atoms in total. The average Bonchev–Trinajstić information content (AvgIpc) is 2.10. The van der Waals surface area contributed by atoms with E-state index in [2.05, 4.69) is 4.74 Å². The number of ketones is 1. The number of carbonyl (C=O) groups excluding carboxylic acids is 5. The van der Waals surface area contributed by atoms with Crippen molar-refractivity contribution in [1.29, 1.82) is 0 Å². The molecule has 0 radical (unpaired) electrons. The van der Waals surface area contributed by atoms with Gasteiger partial charge in [0.15, 0.2) is 0 Å². The molecule has 0 rings (SSSR count). The Labute approximate surface area is 82.2 Å².